The Labute approximate surface area is 109 Å². The van der Waals surface area contributed by atoms with Gasteiger partial charge in [-0.05, 0) is 32.1 Å². The summed E-state index contributed by atoms with van der Waals surface area (Å²) in [5.74, 6) is 0. The molecule has 2 rings (SSSR count). The van der Waals surface area contributed by atoms with Crippen molar-refractivity contribution in [2.45, 2.75) is 65.0 Å². The van der Waals surface area contributed by atoms with Gasteiger partial charge in [-0.15, -0.1) is 11.3 Å². The Morgan fingerprint density at radius 3 is 2.53 bits per heavy atom. The van der Waals surface area contributed by atoms with E-state index in [1.54, 1.807) is 11.3 Å². The van der Waals surface area contributed by atoms with Crippen LogP contribution in [0.1, 0.15) is 58.4 Å². The fourth-order valence-electron chi connectivity index (χ4n) is 3.16. The molecular weight excluding hydrogens is 228 g/mol. The average molecular weight is 252 g/mol. The maximum Gasteiger partial charge on any atom is 0.113 e. The quantitative estimate of drug-likeness (QED) is 0.881. The monoisotopic (exact) mass is 252 g/mol. The molecule has 1 aliphatic rings. The minimum atomic E-state index is 0.0770. The summed E-state index contributed by atoms with van der Waals surface area (Å²) in [6.45, 7) is 9.26. The highest BCUT2D eigenvalue weighted by molar-refractivity contribution is 7.09. The number of thiazole rings is 1. The second-order valence-electron chi connectivity index (χ2n) is 6.13. The van der Waals surface area contributed by atoms with E-state index in [4.69, 9.17) is 0 Å². The van der Waals surface area contributed by atoms with Gasteiger partial charge in [-0.2, -0.15) is 0 Å². The number of aromatic nitrogens is 1. The molecule has 0 aromatic carbocycles. The van der Waals surface area contributed by atoms with Gasteiger partial charge < -0.3 is 5.32 Å². The van der Waals surface area contributed by atoms with Crippen molar-refractivity contribution in [2.24, 2.45) is 5.41 Å². The Hall–Kier alpha value is -0.410. The van der Waals surface area contributed by atoms with Gasteiger partial charge in [0.2, 0.25) is 0 Å². The van der Waals surface area contributed by atoms with E-state index in [2.05, 4.69) is 43.4 Å². The van der Waals surface area contributed by atoms with E-state index in [1.807, 2.05) is 6.20 Å². The zero-order valence-electron chi connectivity index (χ0n) is 11.4. The summed E-state index contributed by atoms with van der Waals surface area (Å²) in [5, 5.41) is 7.21. The van der Waals surface area contributed by atoms with Crippen LogP contribution < -0.4 is 5.32 Å². The van der Waals surface area contributed by atoms with Crippen molar-refractivity contribution in [3.05, 3.63) is 16.6 Å². The lowest BCUT2D eigenvalue weighted by Crippen LogP contribution is -2.57. The number of hydrogen-bond donors (Lipinski definition) is 1. The first-order valence-electron chi connectivity index (χ1n) is 6.66. The highest BCUT2D eigenvalue weighted by atomic mass is 32.1. The van der Waals surface area contributed by atoms with Crippen LogP contribution in [0, 0.1) is 5.41 Å². The molecule has 0 amide bonds. The first-order chi connectivity index (χ1) is 7.98. The van der Waals surface area contributed by atoms with Crippen molar-refractivity contribution in [3.63, 3.8) is 0 Å². The van der Waals surface area contributed by atoms with Crippen molar-refractivity contribution in [3.8, 4) is 0 Å². The van der Waals surface area contributed by atoms with Crippen molar-refractivity contribution >= 4 is 11.3 Å². The third-order valence-corrected chi connectivity index (χ3v) is 5.03. The molecule has 3 heteroatoms. The summed E-state index contributed by atoms with van der Waals surface area (Å²) in [6, 6.07) is 0.497. The Morgan fingerprint density at radius 2 is 2.00 bits per heavy atom. The molecule has 0 bridgehead atoms. The van der Waals surface area contributed by atoms with E-state index in [9.17, 15) is 0 Å². The molecular formula is C14H24N2S. The number of nitrogens with zero attached hydrogens (tertiary/aromatic N) is 1. The molecule has 1 N–H and O–H groups in total. The first-order valence-corrected chi connectivity index (χ1v) is 7.54. The zero-order valence-corrected chi connectivity index (χ0v) is 12.2. The van der Waals surface area contributed by atoms with Crippen molar-refractivity contribution in [2.75, 3.05) is 0 Å². The van der Waals surface area contributed by atoms with Gasteiger partial charge in [0.25, 0.3) is 0 Å². The average Bonchev–Trinajstić information content (AvgIpc) is 2.74. The summed E-state index contributed by atoms with van der Waals surface area (Å²) in [4.78, 5) is 4.62. The third-order valence-electron chi connectivity index (χ3n) is 4.09. The normalized spacial score (nSPS) is 28.5. The minimum Gasteiger partial charge on any atom is -0.303 e. The van der Waals surface area contributed by atoms with E-state index in [0.29, 0.717) is 6.04 Å². The van der Waals surface area contributed by atoms with E-state index in [1.165, 1.54) is 30.7 Å². The molecule has 17 heavy (non-hydrogen) atoms. The lowest BCUT2D eigenvalue weighted by atomic mass is 9.63. The van der Waals surface area contributed by atoms with Crippen molar-refractivity contribution in [1.29, 1.82) is 0 Å². The Balaban J connectivity index is 2.42. The van der Waals surface area contributed by atoms with E-state index in [-0.39, 0.29) is 11.0 Å². The van der Waals surface area contributed by atoms with Crippen molar-refractivity contribution < 1.29 is 0 Å². The predicted octanol–water partition coefficient (Wildman–Crippen LogP) is 3.94. The maximum absolute atomic E-state index is 4.62. The van der Waals surface area contributed by atoms with Crippen LogP contribution in [0.3, 0.4) is 0 Å². The van der Waals surface area contributed by atoms with Gasteiger partial charge in [0.15, 0.2) is 0 Å². The second-order valence-corrected chi connectivity index (χ2v) is 7.03. The molecule has 1 aromatic heterocycles. The predicted molar refractivity (Wildman–Crippen MR) is 74.3 cm³/mol. The van der Waals surface area contributed by atoms with Gasteiger partial charge in [-0.25, -0.2) is 4.98 Å². The van der Waals surface area contributed by atoms with E-state index in [0.717, 1.165) is 0 Å². The molecule has 0 radical (unpaired) electrons. The topological polar surface area (TPSA) is 24.9 Å². The van der Waals surface area contributed by atoms with Gasteiger partial charge in [0, 0.05) is 17.6 Å². The Bertz CT molecular complexity index is 356. The first kappa shape index (κ1) is 13.0. The van der Waals surface area contributed by atoms with Crippen LogP contribution in [0.5, 0.6) is 0 Å². The molecule has 0 aliphatic heterocycles. The summed E-state index contributed by atoms with van der Waals surface area (Å²) >= 11 is 1.80. The third kappa shape index (κ3) is 2.27. The van der Waals surface area contributed by atoms with Crippen LogP contribution in [0.25, 0.3) is 0 Å². The molecule has 1 aromatic rings. The second kappa shape index (κ2) is 4.69. The van der Waals surface area contributed by atoms with Gasteiger partial charge in [0.1, 0.15) is 5.01 Å². The SMILES string of the molecule is CC(C)NC1(c2nccs2)CCCCC1(C)C. The van der Waals surface area contributed by atoms with Crippen LogP contribution >= 0.6 is 11.3 Å². The fraction of sp³-hybridized carbons (Fsp3) is 0.786. The summed E-state index contributed by atoms with van der Waals surface area (Å²) in [5.41, 5.74) is 0.362. The standard InChI is InChI=1S/C14H24N2S/c1-11(2)16-14(12-15-9-10-17-12)8-6-5-7-13(14,3)4/h9-11,16H,5-8H2,1-4H3. The summed E-state index contributed by atoms with van der Waals surface area (Å²) in [6.07, 6.45) is 7.09. The lowest BCUT2D eigenvalue weighted by molar-refractivity contribution is 0.0512. The Morgan fingerprint density at radius 1 is 1.29 bits per heavy atom. The molecule has 1 unspecified atom stereocenters. The molecule has 0 spiro atoms. The number of nitrogens with one attached hydrogen (secondary N) is 1. The van der Waals surface area contributed by atoms with Crippen LogP contribution in [-0.4, -0.2) is 11.0 Å². The molecule has 2 nitrogen and oxygen atoms in total. The van der Waals surface area contributed by atoms with Crippen LogP contribution in [0.2, 0.25) is 0 Å². The minimum absolute atomic E-state index is 0.0770. The molecule has 1 fully saturated rings. The Kier molecular flexibility index (Phi) is 3.60. The summed E-state index contributed by atoms with van der Waals surface area (Å²) in [7, 11) is 0. The smallest absolute Gasteiger partial charge is 0.113 e. The zero-order chi connectivity index (χ0) is 12.5. The largest absolute Gasteiger partial charge is 0.303 e. The highest BCUT2D eigenvalue weighted by Crippen LogP contribution is 2.50. The van der Waals surface area contributed by atoms with E-state index < -0.39 is 0 Å². The number of rotatable bonds is 3. The fourth-order valence-corrected chi connectivity index (χ4v) is 4.17. The van der Waals surface area contributed by atoms with Crippen molar-refractivity contribution in [1.82, 2.24) is 10.3 Å². The molecule has 96 valence electrons. The van der Waals surface area contributed by atoms with Crippen LogP contribution in [-0.2, 0) is 5.54 Å². The highest BCUT2D eigenvalue weighted by Gasteiger charge is 2.49. The van der Waals surface area contributed by atoms with E-state index >= 15 is 0 Å². The van der Waals surface area contributed by atoms with Gasteiger partial charge >= 0.3 is 0 Å². The maximum atomic E-state index is 4.62. The van der Waals surface area contributed by atoms with Crippen LogP contribution in [0.15, 0.2) is 11.6 Å². The van der Waals surface area contributed by atoms with Crippen LogP contribution in [0.4, 0.5) is 0 Å². The van der Waals surface area contributed by atoms with Gasteiger partial charge in [-0.1, -0.05) is 26.7 Å². The van der Waals surface area contributed by atoms with Gasteiger partial charge in [0.05, 0.1) is 5.54 Å². The molecule has 1 aliphatic carbocycles. The molecule has 1 saturated carbocycles. The van der Waals surface area contributed by atoms with Gasteiger partial charge in [-0.3, -0.25) is 0 Å². The summed E-state index contributed by atoms with van der Waals surface area (Å²) < 4.78 is 0. The molecule has 0 saturated heterocycles. The lowest BCUT2D eigenvalue weighted by Gasteiger charge is -2.50. The molecule has 1 atom stereocenters. The number of hydrogen-bond acceptors (Lipinski definition) is 3. The molecule has 1 heterocycles.